The molecule has 30 heavy (non-hydrogen) atoms. The number of hydrogen-bond acceptors (Lipinski definition) is 5. The summed E-state index contributed by atoms with van der Waals surface area (Å²) in [5.74, 6) is 0.917. The van der Waals surface area contributed by atoms with E-state index in [4.69, 9.17) is 9.47 Å². The maximum Gasteiger partial charge on any atom is 0.280 e. The van der Waals surface area contributed by atoms with Crippen LogP contribution in [0, 0.1) is 10.1 Å². The molecule has 0 radical (unpaired) electrons. The minimum Gasteiger partial charge on any atom is -0.496 e. The molecular formula is C23H18BrNO5. The lowest BCUT2D eigenvalue weighted by Gasteiger charge is -2.12. The lowest BCUT2D eigenvalue weighted by atomic mass is 10.1. The predicted octanol–water partition coefficient (Wildman–Crippen LogP) is 5.84. The number of nitro groups is 1. The normalized spacial score (nSPS) is 10.7. The largest absolute Gasteiger partial charge is 0.496 e. The molecule has 6 nitrogen and oxygen atoms in total. The first-order valence-electron chi connectivity index (χ1n) is 8.99. The molecule has 152 valence electrons. The number of carbonyl (C=O) groups excluding carboxylic acids is 1. The van der Waals surface area contributed by atoms with E-state index in [9.17, 15) is 14.9 Å². The third-order valence-electron chi connectivity index (χ3n) is 4.32. The zero-order valence-corrected chi connectivity index (χ0v) is 17.7. The molecule has 0 aromatic heterocycles. The van der Waals surface area contributed by atoms with Gasteiger partial charge in [-0.2, -0.15) is 0 Å². The number of methoxy groups -OCH3 is 1. The second-order valence-corrected chi connectivity index (χ2v) is 7.12. The Morgan fingerprint density at radius 1 is 1.07 bits per heavy atom. The van der Waals surface area contributed by atoms with Gasteiger partial charge in [0.05, 0.1) is 22.1 Å². The number of allylic oxidation sites excluding steroid dienone is 1. The van der Waals surface area contributed by atoms with Crippen LogP contribution < -0.4 is 9.47 Å². The molecule has 0 spiro atoms. The summed E-state index contributed by atoms with van der Waals surface area (Å²) < 4.78 is 12.1. The number of benzene rings is 3. The van der Waals surface area contributed by atoms with Crippen LogP contribution in [0.1, 0.15) is 21.5 Å². The van der Waals surface area contributed by atoms with Crippen molar-refractivity contribution < 1.29 is 19.2 Å². The Bertz CT molecular complexity index is 1110. The molecule has 0 bridgehead atoms. The second kappa shape index (κ2) is 9.84. The standard InChI is InChI=1S/C23H18BrNO5/c1-29-22-13-11-16(14-17(22)15-30-23-9-5-3-7-19(23)24)10-12-21(26)18-6-2-4-8-20(18)25(27)28/h2-14H,15H2,1H3/b12-10+. The molecule has 0 saturated carbocycles. The highest BCUT2D eigenvalue weighted by molar-refractivity contribution is 9.10. The molecule has 0 heterocycles. The van der Waals surface area contributed by atoms with Gasteiger partial charge in [0.1, 0.15) is 18.1 Å². The first-order chi connectivity index (χ1) is 14.5. The Kier molecular flexibility index (Phi) is 6.98. The van der Waals surface area contributed by atoms with Gasteiger partial charge in [0.2, 0.25) is 0 Å². The van der Waals surface area contributed by atoms with Crippen molar-refractivity contribution in [2.24, 2.45) is 0 Å². The summed E-state index contributed by atoms with van der Waals surface area (Å²) in [6, 6.07) is 18.8. The van der Waals surface area contributed by atoms with E-state index in [1.54, 1.807) is 31.4 Å². The van der Waals surface area contributed by atoms with Crippen molar-refractivity contribution in [2.45, 2.75) is 6.61 Å². The SMILES string of the molecule is COc1ccc(/C=C/C(=O)c2ccccc2[N+](=O)[O-])cc1COc1ccccc1Br. The van der Waals surface area contributed by atoms with Gasteiger partial charge in [-0.3, -0.25) is 14.9 Å². The van der Waals surface area contributed by atoms with Gasteiger partial charge in [-0.15, -0.1) is 0 Å². The molecule has 0 amide bonds. The zero-order valence-electron chi connectivity index (χ0n) is 16.1. The molecule has 7 heteroatoms. The summed E-state index contributed by atoms with van der Waals surface area (Å²) in [5.41, 5.74) is 1.37. The number of nitro benzene ring substituents is 1. The van der Waals surface area contributed by atoms with Crippen LogP contribution in [0.5, 0.6) is 11.5 Å². The Balaban J connectivity index is 1.80. The number of hydrogen-bond donors (Lipinski definition) is 0. The number of para-hydroxylation sites is 2. The van der Waals surface area contributed by atoms with Crippen molar-refractivity contribution in [3.8, 4) is 11.5 Å². The molecule has 0 fully saturated rings. The summed E-state index contributed by atoms with van der Waals surface area (Å²) in [7, 11) is 1.57. The summed E-state index contributed by atoms with van der Waals surface area (Å²) >= 11 is 3.45. The van der Waals surface area contributed by atoms with E-state index >= 15 is 0 Å². The van der Waals surface area contributed by atoms with Gasteiger partial charge in [-0.1, -0.05) is 36.4 Å². The van der Waals surface area contributed by atoms with Crippen LogP contribution in [0.4, 0.5) is 5.69 Å². The van der Waals surface area contributed by atoms with Crippen molar-refractivity contribution >= 4 is 33.5 Å². The molecule has 0 aliphatic rings. The van der Waals surface area contributed by atoms with Crippen molar-refractivity contribution in [3.05, 3.63) is 104 Å². The van der Waals surface area contributed by atoms with E-state index in [0.29, 0.717) is 11.5 Å². The van der Waals surface area contributed by atoms with E-state index in [0.717, 1.165) is 15.6 Å². The molecule has 0 aliphatic heterocycles. The highest BCUT2D eigenvalue weighted by Gasteiger charge is 2.17. The first-order valence-corrected chi connectivity index (χ1v) is 9.79. The number of rotatable bonds is 8. The maximum atomic E-state index is 12.5. The van der Waals surface area contributed by atoms with E-state index in [2.05, 4.69) is 15.9 Å². The summed E-state index contributed by atoms with van der Waals surface area (Å²) in [6.45, 7) is 0.269. The number of halogens is 1. The van der Waals surface area contributed by atoms with Crippen LogP contribution in [-0.2, 0) is 6.61 Å². The monoisotopic (exact) mass is 467 g/mol. The molecule has 3 rings (SSSR count). The van der Waals surface area contributed by atoms with Crippen LogP contribution >= 0.6 is 15.9 Å². The lowest BCUT2D eigenvalue weighted by molar-refractivity contribution is -0.385. The third kappa shape index (κ3) is 5.12. The molecule has 0 saturated heterocycles. The summed E-state index contributed by atoms with van der Waals surface area (Å²) in [5, 5.41) is 11.1. The van der Waals surface area contributed by atoms with Gasteiger partial charge < -0.3 is 9.47 Å². The van der Waals surface area contributed by atoms with E-state index in [1.807, 2.05) is 30.3 Å². The van der Waals surface area contributed by atoms with Crippen molar-refractivity contribution in [3.63, 3.8) is 0 Å². The number of nitrogens with zero attached hydrogens (tertiary/aromatic N) is 1. The number of ketones is 1. The van der Waals surface area contributed by atoms with E-state index in [1.165, 1.54) is 24.3 Å². The average molecular weight is 468 g/mol. The highest BCUT2D eigenvalue weighted by Crippen LogP contribution is 2.27. The van der Waals surface area contributed by atoms with Gasteiger partial charge >= 0.3 is 0 Å². The Morgan fingerprint density at radius 3 is 2.53 bits per heavy atom. The first kappa shape index (κ1) is 21.3. The minimum absolute atomic E-state index is 0.0461. The Hall–Kier alpha value is -3.45. The fourth-order valence-corrected chi connectivity index (χ4v) is 3.23. The molecule has 0 aliphatic carbocycles. The summed E-state index contributed by atoms with van der Waals surface area (Å²) in [4.78, 5) is 23.0. The average Bonchev–Trinajstić information content (AvgIpc) is 2.77. The van der Waals surface area contributed by atoms with Gasteiger partial charge in [0, 0.05) is 11.6 Å². The predicted molar refractivity (Wildman–Crippen MR) is 118 cm³/mol. The molecule has 3 aromatic carbocycles. The fourth-order valence-electron chi connectivity index (χ4n) is 2.84. The molecule has 0 unspecified atom stereocenters. The van der Waals surface area contributed by atoms with Gasteiger partial charge in [0.15, 0.2) is 5.78 Å². The smallest absolute Gasteiger partial charge is 0.280 e. The van der Waals surface area contributed by atoms with Crippen molar-refractivity contribution in [1.29, 1.82) is 0 Å². The molecular weight excluding hydrogens is 450 g/mol. The van der Waals surface area contributed by atoms with Gasteiger partial charge in [-0.05, 0) is 57.9 Å². The van der Waals surface area contributed by atoms with E-state index < -0.39 is 10.7 Å². The number of ether oxygens (including phenoxy) is 2. The second-order valence-electron chi connectivity index (χ2n) is 6.26. The van der Waals surface area contributed by atoms with Crippen LogP contribution in [0.3, 0.4) is 0 Å². The highest BCUT2D eigenvalue weighted by atomic mass is 79.9. The minimum atomic E-state index is -0.564. The van der Waals surface area contributed by atoms with Crippen molar-refractivity contribution in [2.75, 3.05) is 7.11 Å². The third-order valence-corrected chi connectivity index (χ3v) is 4.97. The summed E-state index contributed by atoms with van der Waals surface area (Å²) in [6.07, 6.45) is 2.93. The van der Waals surface area contributed by atoms with Gasteiger partial charge in [0.25, 0.3) is 5.69 Å². The lowest BCUT2D eigenvalue weighted by Crippen LogP contribution is -2.01. The molecule has 0 N–H and O–H groups in total. The van der Waals surface area contributed by atoms with Crippen LogP contribution in [0.15, 0.2) is 77.3 Å². The maximum absolute atomic E-state index is 12.5. The van der Waals surface area contributed by atoms with Gasteiger partial charge in [-0.25, -0.2) is 0 Å². The van der Waals surface area contributed by atoms with Crippen molar-refractivity contribution in [1.82, 2.24) is 0 Å². The Morgan fingerprint density at radius 2 is 1.80 bits per heavy atom. The fraction of sp³-hybridized carbons (Fsp3) is 0.0870. The van der Waals surface area contributed by atoms with Crippen LogP contribution in [-0.4, -0.2) is 17.8 Å². The number of carbonyl (C=O) groups is 1. The Labute approximate surface area is 182 Å². The topological polar surface area (TPSA) is 78.7 Å². The molecule has 3 aromatic rings. The quantitative estimate of drug-likeness (QED) is 0.180. The van der Waals surface area contributed by atoms with Crippen LogP contribution in [0.25, 0.3) is 6.08 Å². The zero-order chi connectivity index (χ0) is 21.5. The van der Waals surface area contributed by atoms with Crippen LogP contribution in [0.2, 0.25) is 0 Å². The van der Waals surface area contributed by atoms with E-state index in [-0.39, 0.29) is 17.9 Å². The molecule has 0 atom stereocenters.